The Bertz CT molecular complexity index is 565. The third-order valence-corrected chi connectivity index (χ3v) is 7.37. The summed E-state index contributed by atoms with van der Waals surface area (Å²) in [7, 11) is 0. The van der Waals surface area contributed by atoms with Gasteiger partial charge in [-0.2, -0.15) is 0 Å². The molecule has 2 saturated heterocycles. The van der Waals surface area contributed by atoms with E-state index < -0.39 is 0 Å². The third-order valence-electron chi connectivity index (χ3n) is 7.37. The minimum absolute atomic E-state index is 0.00826. The summed E-state index contributed by atoms with van der Waals surface area (Å²) in [5, 5.41) is 0. The van der Waals surface area contributed by atoms with E-state index in [1.165, 1.54) is 18.4 Å². The standard InChI is InChI=1S/C20H30O3/c1-13(2)20-11-8-15(22-20)14(12-20)6-7-16-18(3)9-5-10-19(16,4)23-17(18)21/h12-13,15-16H,5-11H2,1-4H3/t15-,16-,18+,19-,20+/m0/s1. The quantitative estimate of drug-likeness (QED) is 0.569. The van der Waals surface area contributed by atoms with E-state index in [0.29, 0.717) is 17.9 Å². The number of hydrogen-bond acceptors (Lipinski definition) is 3. The largest absolute Gasteiger partial charge is 0.459 e. The van der Waals surface area contributed by atoms with E-state index in [-0.39, 0.29) is 22.6 Å². The van der Waals surface area contributed by atoms with Gasteiger partial charge in [0.1, 0.15) is 5.60 Å². The summed E-state index contributed by atoms with van der Waals surface area (Å²) in [6, 6.07) is 0. The van der Waals surface area contributed by atoms with Gasteiger partial charge in [-0.05, 0) is 70.3 Å². The van der Waals surface area contributed by atoms with Crippen LogP contribution in [0.15, 0.2) is 11.6 Å². The van der Waals surface area contributed by atoms with Crippen molar-refractivity contribution in [2.75, 3.05) is 0 Å². The van der Waals surface area contributed by atoms with Gasteiger partial charge in [-0.15, -0.1) is 0 Å². The van der Waals surface area contributed by atoms with Gasteiger partial charge in [-0.25, -0.2) is 0 Å². The molecule has 128 valence electrons. The lowest BCUT2D eigenvalue weighted by molar-refractivity contribution is -0.151. The summed E-state index contributed by atoms with van der Waals surface area (Å²) < 4.78 is 12.2. The molecule has 5 atom stereocenters. The van der Waals surface area contributed by atoms with Gasteiger partial charge in [0, 0.05) is 5.92 Å². The second-order valence-corrected chi connectivity index (χ2v) is 9.04. The fourth-order valence-corrected chi connectivity index (χ4v) is 5.80. The normalized spacial score (nSPS) is 48.0. The van der Waals surface area contributed by atoms with Crippen LogP contribution >= 0.6 is 0 Å². The highest BCUT2D eigenvalue weighted by molar-refractivity contribution is 5.80. The average Bonchev–Trinajstić information content (AvgIpc) is 3.08. The lowest BCUT2D eigenvalue weighted by atomic mass is 9.61. The lowest BCUT2D eigenvalue weighted by Gasteiger charge is -2.39. The Labute approximate surface area is 139 Å². The maximum absolute atomic E-state index is 12.4. The third kappa shape index (κ3) is 2.08. The van der Waals surface area contributed by atoms with Gasteiger partial charge in [-0.1, -0.05) is 19.9 Å². The van der Waals surface area contributed by atoms with Gasteiger partial charge < -0.3 is 9.47 Å². The van der Waals surface area contributed by atoms with E-state index in [9.17, 15) is 4.79 Å². The Morgan fingerprint density at radius 2 is 2.04 bits per heavy atom. The van der Waals surface area contributed by atoms with Crippen LogP contribution in [0.5, 0.6) is 0 Å². The first-order valence-electron chi connectivity index (χ1n) is 9.42. The van der Waals surface area contributed by atoms with Crippen LogP contribution in [0.3, 0.4) is 0 Å². The van der Waals surface area contributed by atoms with Crippen molar-refractivity contribution < 1.29 is 14.3 Å². The number of fused-ring (bicyclic) bond motifs is 4. The second-order valence-electron chi connectivity index (χ2n) is 9.04. The predicted octanol–water partition coefficient (Wildman–Crippen LogP) is 4.40. The van der Waals surface area contributed by atoms with Crippen molar-refractivity contribution in [2.45, 2.75) is 89.9 Å². The van der Waals surface area contributed by atoms with Crippen molar-refractivity contribution in [2.24, 2.45) is 17.3 Å². The van der Waals surface area contributed by atoms with Crippen LogP contribution < -0.4 is 0 Å². The van der Waals surface area contributed by atoms with E-state index in [2.05, 4.69) is 33.8 Å². The van der Waals surface area contributed by atoms with Crippen LogP contribution in [0.4, 0.5) is 0 Å². The van der Waals surface area contributed by atoms with Gasteiger partial charge in [0.15, 0.2) is 0 Å². The zero-order valence-corrected chi connectivity index (χ0v) is 15.0. The van der Waals surface area contributed by atoms with Crippen LogP contribution in [0, 0.1) is 17.3 Å². The minimum atomic E-state index is -0.262. The Morgan fingerprint density at radius 1 is 1.26 bits per heavy atom. The first kappa shape index (κ1) is 15.7. The Kier molecular flexibility index (Phi) is 3.30. The molecule has 0 radical (unpaired) electrons. The zero-order valence-electron chi connectivity index (χ0n) is 15.0. The predicted molar refractivity (Wildman–Crippen MR) is 88.9 cm³/mol. The summed E-state index contributed by atoms with van der Waals surface area (Å²) >= 11 is 0. The van der Waals surface area contributed by atoms with Gasteiger partial charge in [0.2, 0.25) is 0 Å². The van der Waals surface area contributed by atoms with E-state index in [0.717, 1.165) is 32.1 Å². The van der Waals surface area contributed by atoms with Crippen LogP contribution in [-0.2, 0) is 14.3 Å². The number of ether oxygens (including phenoxy) is 2. The van der Waals surface area contributed by atoms with E-state index >= 15 is 0 Å². The Balaban J connectivity index is 1.51. The molecule has 0 unspecified atom stereocenters. The fourth-order valence-electron chi connectivity index (χ4n) is 5.80. The molecule has 4 rings (SSSR count). The summed E-state index contributed by atoms with van der Waals surface area (Å²) in [6.07, 6.45) is 10.3. The fraction of sp³-hybridized carbons (Fsp3) is 0.850. The van der Waals surface area contributed by atoms with E-state index in [1.807, 2.05) is 0 Å². The molecule has 0 aromatic heterocycles. The smallest absolute Gasteiger partial charge is 0.312 e. The molecule has 1 saturated carbocycles. The molecule has 3 nitrogen and oxygen atoms in total. The van der Waals surface area contributed by atoms with Crippen molar-refractivity contribution in [1.29, 1.82) is 0 Å². The van der Waals surface area contributed by atoms with Crippen LogP contribution in [0.1, 0.15) is 72.6 Å². The van der Waals surface area contributed by atoms with Crippen LogP contribution in [-0.4, -0.2) is 23.3 Å². The van der Waals surface area contributed by atoms with Crippen molar-refractivity contribution in [3.05, 3.63) is 11.6 Å². The highest BCUT2D eigenvalue weighted by Crippen LogP contribution is 2.57. The molecule has 4 bridgehead atoms. The number of hydrogen-bond donors (Lipinski definition) is 0. The van der Waals surface area contributed by atoms with Gasteiger partial charge in [0.05, 0.1) is 17.1 Å². The summed E-state index contributed by atoms with van der Waals surface area (Å²) in [4.78, 5) is 12.4. The van der Waals surface area contributed by atoms with Gasteiger partial charge in [-0.3, -0.25) is 4.79 Å². The summed E-state index contributed by atoms with van der Waals surface area (Å²) in [6.45, 7) is 8.81. The zero-order chi connectivity index (χ0) is 16.5. The van der Waals surface area contributed by atoms with Crippen LogP contribution in [0.25, 0.3) is 0 Å². The minimum Gasteiger partial charge on any atom is -0.459 e. The van der Waals surface area contributed by atoms with Crippen molar-refractivity contribution in [3.63, 3.8) is 0 Å². The molecule has 0 aromatic carbocycles. The molecule has 3 heterocycles. The van der Waals surface area contributed by atoms with Gasteiger partial charge >= 0.3 is 5.97 Å². The van der Waals surface area contributed by atoms with Crippen molar-refractivity contribution in [1.82, 2.24) is 0 Å². The van der Waals surface area contributed by atoms with Gasteiger partial charge in [0.25, 0.3) is 0 Å². The highest BCUT2D eigenvalue weighted by Gasteiger charge is 2.61. The molecule has 23 heavy (non-hydrogen) atoms. The molecular weight excluding hydrogens is 288 g/mol. The molecule has 3 fully saturated rings. The second kappa shape index (κ2) is 4.84. The molecular formula is C20H30O3. The maximum atomic E-state index is 12.4. The average molecular weight is 318 g/mol. The molecule has 1 aliphatic carbocycles. The molecule has 0 aromatic rings. The van der Waals surface area contributed by atoms with Crippen molar-refractivity contribution in [3.8, 4) is 0 Å². The van der Waals surface area contributed by atoms with E-state index in [1.54, 1.807) is 0 Å². The topological polar surface area (TPSA) is 35.5 Å². The number of carbonyl (C=O) groups is 1. The lowest BCUT2D eigenvalue weighted by Crippen LogP contribution is -2.42. The molecule has 3 aliphatic heterocycles. The van der Waals surface area contributed by atoms with E-state index in [4.69, 9.17) is 9.47 Å². The summed E-state index contributed by atoms with van der Waals surface area (Å²) in [5.41, 5.74) is 0.973. The molecule has 3 heteroatoms. The Morgan fingerprint density at radius 3 is 2.70 bits per heavy atom. The Hall–Kier alpha value is -0.830. The highest BCUT2D eigenvalue weighted by atomic mass is 16.6. The first-order chi connectivity index (χ1) is 10.8. The van der Waals surface area contributed by atoms with Crippen molar-refractivity contribution >= 4 is 5.97 Å². The molecule has 0 N–H and O–H groups in total. The molecule has 0 spiro atoms. The maximum Gasteiger partial charge on any atom is 0.312 e. The monoisotopic (exact) mass is 318 g/mol. The number of carbonyl (C=O) groups excluding carboxylic acids is 1. The van der Waals surface area contributed by atoms with Crippen LogP contribution in [0.2, 0.25) is 0 Å². The SMILES string of the molecule is CC(C)[C@]12C=C(CC[C@H]3[C@@]4(C)CCC[C@]3(C)OC4=O)[C@H](CC1)O2. The number of rotatable bonds is 4. The number of esters is 1. The first-order valence-corrected chi connectivity index (χ1v) is 9.42. The molecule has 4 aliphatic rings. The summed E-state index contributed by atoms with van der Waals surface area (Å²) in [5.74, 6) is 0.932. The molecule has 0 amide bonds.